The Morgan fingerprint density at radius 1 is 0.647 bits per heavy atom. The highest BCUT2D eigenvalue weighted by Gasteiger charge is 2.83. The summed E-state index contributed by atoms with van der Waals surface area (Å²) in [5.41, 5.74) is -14.6. The van der Waals surface area contributed by atoms with Crippen LogP contribution in [-0.4, -0.2) is 116 Å². The van der Waals surface area contributed by atoms with Gasteiger partial charge in [0.15, 0.2) is 12.4 Å². The summed E-state index contributed by atoms with van der Waals surface area (Å²) in [6.45, 7) is 12.6. The number of esters is 3. The topological polar surface area (TPSA) is 178 Å². The molecule has 3 aliphatic rings. The maximum atomic E-state index is 13.5. The number of carbonyl (C=O) groups excluding carboxylic acids is 3. The van der Waals surface area contributed by atoms with Gasteiger partial charge in [0, 0.05) is 24.7 Å². The van der Waals surface area contributed by atoms with Gasteiger partial charge in [-0.2, -0.15) is 61.5 Å². The van der Waals surface area contributed by atoms with Crippen LogP contribution in [0, 0.1) is 35.5 Å². The Labute approximate surface area is 384 Å². The van der Waals surface area contributed by atoms with Crippen molar-refractivity contribution in [1.82, 2.24) is 0 Å². The Morgan fingerprint density at radius 2 is 1.07 bits per heavy atom. The largest absolute Gasteiger partial charge is 0.462 e. The molecule has 1 saturated heterocycles. The predicted octanol–water partition coefficient (Wildman–Crippen LogP) is 9.62. The van der Waals surface area contributed by atoms with E-state index < -0.39 is 127 Å². The fourth-order valence-electron chi connectivity index (χ4n) is 7.62. The second-order valence-corrected chi connectivity index (χ2v) is 18.5. The maximum absolute atomic E-state index is 13.5. The molecule has 4 N–H and O–H groups in total. The maximum Gasteiger partial charge on any atom is 0.432 e. The fraction of sp³-hybridized carbons (Fsp3) is 0.929. The minimum Gasteiger partial charge on any atom is -0.462 e. The molecule has 12 nitrogen and oxygen atoms in total. The zero-order valence-electron chi connectivity index (χ0n) is 39.2. The lowest BCUT2D eigenvalue weighted by Crippen LogP contribution is -2.76. The first-order chi connectivity index (χ1) is 30.4. The summed E-state index contributed by atoms with van der Waals surface area (Å²) in [6, 6.07) is 0. The number of hydrogen-bond donors (Lipinski definition) is 4. The van der Waals surface area contributed by atoms with Crippen molar-refractivity contribution in [2.24, 2.45) is 35.5 Å². The lowest BCUT2D eigenvalue weighted by atomic mass is 9.66. The summed E-state index contributed by atoms with van der Waals surface area (Å²) in [5, 5.41) is 39.2. The van der Waals surface area contributed by atoms with Crippen molar-refractivity contribution in [3.63, 3.8) is 0 Å². The van der Waals surface area contributed by atoms with Crippen LogP contribution in [0.3, 0.4) is 0 Å². The lowest BCUT2D eigenvalue weighted by Gasteiger charge is -2.49. The molecule has 3 fully saturated rings. The van der Waals surface area contributed by atoms with Crippen molar-refractivity contribution in [2.45, 2.75) is 205 Å². The third kappa shape index (κ3) is 14.2. The molecule has 68 heavy (non-hydrogen) atoms. The Balaban J connectivity index is 0.000000534. The quantitative estimate of drug-likeness (QED) is 0.0828. The van der Waals surface area contributed by atoms with Gasteiger partial charge in [-0.1, -0.05) is 48.0 Å². The average molecular weight is 1030 g/mol. The Bertz CT molecular complexity index is 1630. The normalized spacial score (nSPS) is 29.6. The molecule has 0 amide bonds. The minimum atomic E-state index is -6.27. The van der Waals surface area contributed by atoms with Gasteiger partial charge < -0.3 is 39.4 Å². The average Bonchev–Trinajstić information content (AvgIpc) is 3.19. The molecule has 0 radical (unpaired) electrons. The molecule has 3 rings (SSSR count). The van der Waals surface area contributed by atoms with Gasteiger partial charge in [-0.25, -0.2) is 0 Å². The monoisotopic (exact) mass is 1030 g/mol. The van der Waals surface area contributed by atoms with E-state index in [4.69, 9.17) is 9.47 Å². The van der Waals surface area contributed by atoms with Crippen LogP contribution < -0.4 is 0 Å². The van der Waals surface area contributed by atoms with Gasteiger partial charge in [0.1, 0.15) is 12.2 Å². The second-order valence-electron chi connectivity index (χ2n) is 18.5. The van der Waals surface area contributed by atoms with Gasteiger partial charge in [0.05, 0.1) is 23.4 Å². The van der Waals surface area contributed by atoms with E-state index in [1.165, 1.54) is 13.8 Å². The number of halogens is 14. The van der Waals surface area contributed by atoms with Gasteiger partial charge in [0.25, 0.3) is 11.4 Å². The summed E-state index contributed by atoms with van der Waals surface area (Å²) >= 11 is 0. The van der Waals surface area contributed by atoms with Crippen LogP contribution in [0.1, 0.15) is 133 Å². The lowest BCUT2D eigenvalue weighted by molar-refractivity contribution is -0.522. The third-order valence-electron chi connectivity index (χ3n) is 13.1. The van der Waals surface area contributed by atoms with E-state index in [9.17, 15) is 96.3 Å². The van der Waals surface area contributed by atoms with Crippen LogP contribution in [0.4, 0.5) is 61.5 Å². The smallest absolute Gasteiger partial charge is 0.432 e. The highest BCUT2D eigenvalue weighted by Crippen LogP contribution is 2.56. The highest BCUT2D eigenvalue weighted by molar-refractivity contribution is 5.73. The van der Waals surface area contributed by atoms with Gasteiger partial charge >= 0.3 is 54.3 Å². The Hall–Kier alpha value is -2.81. The SMILES string of the molecule is CCC(C)C(=O)OC1(C)OCOC(F)(F)C1(O)C(F)(F)F.CCC(C)C(=O)OC1CC(C(C)(O)C(F)(F)F)CC(C(O)(C(F)(F)F)C(F)(F)F)C1.CCC(C)C(=O)OC1CCCCC1C(C)(C)O. The number of aliphatic hydroxyl groups is 4. The summed E-state index contributed by atoms with van der Waals surface area (Å²) < 4.78 is 208. The van der Waals surface area contributed by atoms with Crippen LogP contribution in [0.25, 0.3) is 0 Å². The van der Waals surface area contributed by atoms with Gasteiger partial charge in [0.2, 0.25) is 0 Å². The zero-order chi connectivity index (χ0) is 53.7. The van der Waals surface area contributed by atoms with Crippen molar-refractivity contribution in [3.05, 3.63) is 0 Å². The van der Waals surface area contributed by atoms with Crippen molar-refractivity contribution in [3.8, 4) is 0 Å². The van der Waals surface area contributed by atoms with Crippen molar-refractivity contribution < 1.29 is 120 Å². The molecule has 0 aromatic rings. The molecule has 2 saturated carbocycles. The molecule has 402 valence electrons. The molecule has 0 bridgehead atoms. The standard InChI is InChI=1S/C17H23F9O4.C14H26O3.C11H15F5O5/c1-4-8(2)12(27)30-11-6-9(13(3,28)15(18,19)20)5-10(7-11)14(29,16(21,22)23)17(24,25)26;1-5-10(2)13(15)17-12-9-7-6-8-11(12)14(3,4)16;1-4-6(2)7(17)21-8(3)9(18,10(12,13)14)11(15,16)20-5-19-8/h8-11,28-29H,4-7H2,1-3H3;10-12,16H,5-9H2,1-4H3;6,18H,4-5H2,1-3H3. The first-order valence-corrected chi connectivity index (χ1v) is 21.8. The Morgan fingerprint density at radius 3 is 1.49 bits per heavy atom. The van der Waals surface area contributed by atoms with E-state index in [1.807, 2.05) is 27.7 Å². The molecular formula is C42H64F14O12. The van der Waals surface area contributed by atoms with Gasteiger partial charge in [-0.05, 0) is 78.6 Å². The Kier molecular flexibility index (Phi) is 21.1. The van der Waals surface area contributed by atoms with Crippen LogP contribution in [-0.2, 0) is 38.1 Å². The number of carbonyl (C=O) groups is 3. The van der Waals surface area contributed by atoms with Crippen LogP contribution in [0.2, 0.25) is 0 Å². The second kappa shape index (κ2) is 22.7. The van der Waals surface area contributed by atoms with E-state index in [1.54, 1.807) is 13.8 Å². The highest BCUT2D eigenvalue weighted by atomic mass is 19.4. The molecular weight excluding hydrogens is 962 g/mol. The van der Waals surface area contributed by atoms with Crippen molar-refractivity contribution in [2.75, 3.05) is 6.79 Å². The molecule has 1 heterocycles. The molecule has 26 heteroatoms. The first-order valence-electron chi connectivity index (χ1n) is 21.8. The fourth-order valence-corrected chi connectivity index (χ4v) is 7.62. The molecule has 2 aliphatic carbocycles. The molecule has 0 aromatic carbocycles. The molecule has 11 atom stereocenters. The zero-order valence-corrected chi connectivity index (χ0v) is 39.2. The van der Waals surface area contributed by atoms with Crippen molar-refractivity contribution in [1.29, 1.82) is 0 Å². The number of alkyl halides is 14. The summed E-state index contributed by atoms with van der Waals surface area (Å²) in [6.07, 6.45) is -29.0. The molecule has 0 aromatic heterocycles. The number of ether oxygens (including phenoxy) is 5. The van der Waals surface area contributed by atoms with E-state index in [-0.39, 0.29) is 43.7 Å². The van der Waals surface area contributed by atoms with E-state index in [0.717, 1.165) is 32.1 Å². The third-order valence-corrected chi connectivity index (χ3v) is 13.1. The summed E-state index contributed by atoms with van der Waals surface area (Å²) in [7, 11) is 0. The van der Waals surface area contributed by atoms with E-state index >= 15 is 0 Å². The summed E-state index contributed by atoms with van der Waals surface area (Å²) in [4.78, 5) is 35.3. The van der Waals surface area contributed by atoms with Gasteiger partial charge in [-0.15, -0.1) is 0 Å². The molecule has 1 aliphatic heterocycles. The van der Waals surface area contributed by atoms with Crippen LogP contribution in [0.15, 0.2) is 0 Å². The van der Waals surface area contributed by atoms with Crippen LogP contribution >= 0.6 is 0 Å². The van der Waals surface area contributed by atoms with E-state index in [0.29, 0.717) is 6.92 Å². The molecule has 0 spiro atoms. The summed E-state index contributed by atoms with van der Waals surface area (Å²) in [5.74, 6) is -12.3. The predicted molar refractivity (Wildman–Crippen MR) is 208 cm³/mol. The number of hydrogen-bond acceptors (Lipinski definition) is 12. The molecule has 11 unspecified atom stereocenters. The van der Waals surface area contributed by atoms with Crippen LogP contribution in [0.5, 0.6) is 0 Å². The van der Waals surface area contributed by atoms with E-state index in [2.05, 4.69) is 14.2 Å². The van der Waals surface area contributed by atoms with Crippen molar-refractivity contribution >= 4 is 17.9 Å². The first kappa shape index (κ1) is 63.2. The van der Waals surface area contributed by atoms with Gasteiger partial charge in [-0.3, -0.25) is 19.1 Å². The minimum absolute atomic E-state index is 0.0422. The number of rotatable bonds is 12.